The van der Waals surface area contributed by atoms with Crippen molar-refractivity contribution in [2.75, 3.05) is 0 Å². The van der Waals surface area contributed by atoms with E-state index in [0.29, 0.717) is 0 Å². The lowest BCUT2D eigenvalue weighted by atomic mass is 10.2. The fraction of sp³-hybridized carbons (Fsp3) is 0. The van der Waals surface area contributed by atoms with Crippen LogP contribution in [0.1, 0.15) is 5.56 Å². The molecule has 0 radical (unpaired) electrons. The molecule has 0 spiro atoms. The summed E-state index contributed by atoms with van der Waals surface area (Å²) in [4.78, 5) is 11.2. The maximum atomic E-state index is 11.2. The van der Waals surface area contributed by atoms with Crippen molar-refractivity contribution in [2.24, 2.45) is 5.73 Å². The zero-order chi connectivity index (χ0) is 11.4. The first-order valence-electron chi connectivity index (χ1n) is 4.57. The monoisotopic (exact) mass is 215 g/mol. The van der Waals surface area contributed by atoms with E-state index < -0.39 is 5.91 Å². The van der Waals surface area contributed by atoms with Crippen molar-refractivity contribution >= 4 is 17.7 Å². The highest BCUT2D eigenvalue weighted by molar-refractivity contribution is 6.17. The van der Waals surface area contributed by atoms with Crippen LogP contribution in [0.2, 0.25) is 0 Å². The molecule has 1 heterocycles. The van der Waals surface area contributed by atoms with Gasteiger partial charge in [-0.3, -0.25) is 4.79 Å². The van der Waals surface area contributed by atoms with Gasteiger partial charge in [0.15, 0.2) is 0 Å². The summed E-state index contributed by atoms with van der Waals surface area (Å²) >= 11 is 0. The van der Waals surface area contributed by atoms with Crippen LogP contribution in [0.4, 0.5) is 0 Å². The topological polar surface area (TPSA) is 86.7 Å². The molecule has 0 bridgehead atoms. The molecule has 80 valence electrons. The molecule has 6 heteroatoms. The Morgan fingerprint density at radius 1 is 1.31 bits per heavy atom. The second kappa shape index (κ2) is 4.35. The number of rotatable bonds is 3. The van der Waals surface area contributed by atoms with E-state index in [9.17, 15) is 4.79 Å². The number of nitrogens with two attached hydrogens (primary N) is 1. The summed E-state index contributed by atoms with van der Waals surface area (Å²) in [5.41, 5.74) is 6.32. The second-order valence-electron chi connectivity index (χ2n) is 3.06. The molecule has 6 nitrogen and oxygen atoms in total. The number of nitrogens with zero attached hydrogens (tertiary/aromatic N) is 4. The Hall–Kier alpha value is -2.50. The molecule has 2 aromatic rings. The molecule has 0 aliphatic carbocycles. The number of primary amides is 1. The molecular formula is C10H9N5O. The van der Waals surface area contributed by atoms with E-state index in [1.165, 1.54) is 11.0 Å². The van der Waals surface area contributed by atoms with E-state index >= 15 is 0 Å². The van der Waals surface area contributed by atoms with Crippen LogP contribution in [0.5, 0.6) is 0 Å². The summed E-state index contributed by atoms with van der Waals surface area (Å²) in [6.07, 6.45) is 2.94. The highest BCUT2D eigenvalue weighted by Crippen LogP contribution is 2.08. The van der Waals surface area contributed by atoms with Crippen LogP contribution in [-0.4, -0.2) is 26.1 Å². The third-order valence-electron chi connectivity index (χ3n) is 1.95. The fourth-order valence-electron chi connectivity index (χ4n) is 1.23. The summed E-state index contributed by atoms with van der Waals surface area (Å²) in [6.45, 7) is 0. The Kier molecular flexibility index (Phi) is 2.73. The molecule has 2 N–H and O–H groups in total. The van der Waals surface area contributed by atoms with Crippen LogP contribution in [0, 0.1) is 0 Å². The molecule has 1 aromatic heterocycles. The molecule has 0 aliphatic rings. The van der Waals surface area contributed by atoms with Crippen LogP contribution in [0.3, 0.4) is 0 Å². The van der Waals surface area contributed by atoms with E-state index in [1.807, 2.05) is 30.3 Å². The largest absolute Gasteiger partial charge is 0.364 e. The Bertz CT molecular complexity index is 503. The molecule has 1 amide bonds. The van der Waals surface area contributed by atoms with Gasteiger partial charge in [-0.2, -0.15) is 4.68 Å². The van der Waals surface area contributed by atoms with E-state index in [1.54, 1.807) is 6.08 Å². The minimum Gasteiger partial charge on any atom is -0.364 e. The van der Waals surface area contributed by atoms with Crippen LogP contribution in [0.25, 0.3) is 11.8 Å². The van der Waals surface area contributed by atoms with E-state index in [-0.39, 0.29) is 5.70 Å². The van der Waals surface area contributed by atoms with Crippen LogP contribution in [0.15, 0.2) is 36.7 Å². The van der Waals surface area contributed by atoms with Crippen LogP contribution in [-0.2, 0) is 4.79 Å². The Balaban J connectivity index is 2.42. The fourth-order valence-corrected chi connectivity index (χ4v) is 1.23. The zero-order valence-electron chi connectivity index (χ0n) is 8.32. The third kappa shape index (κ3) is 2.11. The Morgan fingerprint density at radius 3 is 2.62 bits per heavy atom. The third-order valence-corrected chi connectivity index (χ3v) is 1.95. The maximum absolute atomic E-state index is 11.2. The molecule has 0 unspecified atom stereocenters. The van der Waals surface area contributed by atoms with Crippen molar-refractivity contribution < 1.29 is 4.79 Å². The molecule has 0 saturated carbocycles. The standard InChI is InChI=1S/C10H9N5O/c11-10(16)9(15-7-12-13-14-15)6-8-4-2-1-3-5-8/h1-7H,(H2,11,16). The molecular weight excluding hydrogens is 206 g/mol. The van der Waals surface area contributed by atoms with Crippen molar-refractivity contribution in [1.29, 1.82) is 0 Å². The lowest BCUT2D eigenvalue weighted by molar-refractivity contribution is -0.113. The minimum absolute atomic E-state index is 0.219. The summed E-state index contributed by atoms with van der Waals surface area (Å²) in [7, 11) is 0. The molecule has 0 saturated heterocycles. The molecule has 0 aliphatic heterocycles. The number of hydrogen-bond donors (Lipinski definition) is 1. The van der Waals surface area contributed by atoms with Gasteiger partial charge < -0.3 is 5.73 Å². The summed E-state index contributed by atoms with van der Waals surface area (Å²) in [6, 6.07) is 9.33. The lowest BCUT2D eigenvalue weighted by Crippen LogP contribution is -2.18. The van der Waals surface area contributed by atoms with E-state index in [2.05, 4.69) is 15.5 Å². The summed E-state index contributed by atoms with van der Waals surface area (Å²) < 4.78 is 1.23. The van der Waals surface area contributed by atoms with Crippen molar-refractivity contribution in [3.63, 3.8) is 0 Å². The minimum atomic E-state index is -0.587. The van der Waals surface area contributed by atoms with Crippen molar-refractivity contribution in [2.45, 2.75) is 0 Å². The summed E-state index contributed by atoms with van der Waals surface area (Å²) in [5.74, 6) is -0.587. The van der Waals surface area contributed by atoms with Gasteiger partial charge in [-0.15, -0.1) is 5.10 Å². The second-order valence-corrected chi connectivity index (χ2v) is 3.06. The van der Waals surface area contributed by atoms with E-state index in [4.69, 9.17) is 5.73 Å². The lowest BCUT2D eigenvalue weighted by Gasteiger charge is -2.01. The highest BCUT2D eigenvalue weighted by Gasteiger charge is 2.08. The van der Waals surface area contributed by atoms with Crippen LogP contribution < -0.4 is 5.73 Å². The number of hydrogen-bond acceptors (Lipinski definition) is 4. The number of aromatic nitrogens is 4. The molecule has 16 heavy (non-hydrogen) atoms. The van der Waals surface area contributed by atoms with Gasteiger partial charge in [0.25, 0.3) is 5.91 Å². The summed E-state index contributed by atoms with van der Waals surface area (Å²) in [5, 5.41) is 10.5. The van der Waals surface area contributed by atoms with Gasteiger partial charge in [-0.05, 0) is 22.1 Å². The highest BCUT2D eigenvalue weighted by atomic mass is 16.1. The predicted octanol–water partition coefficient (Wildman–Crippen LogP) is 0.156. The molecule has 0 atom stereocenters. The van der Waals surface area contributed by atoms with Gasteiger partial charge in [0.2, 0.25) is 0 Å². The first kappa shape index (κ1) is 10.0. The average molecular weight is 215 g/mol. The Morgan fingerprint density at radius 2 is 2.06 bits per heavy atom. The number of tetrazole rings is 1. The van der Waals surface area contributed by atoms with E-state index in [0.717, 1.165) is 5.56 Å². The molecule has 1 aromatic carbocycles. The molecule has 2 rings (SSSR count). The van der Waals surface area contributed by atoms with Crippen LogP contribution >= 0.6 is 0 Å². The van der Waals surface area contributed by atoms with Gasteiger partial charge >= 0.3 is 0 Å². The predicted molar refractivity (Wildman–Crippen MR) is 57.6 cm³/mol. The van der Waals surface area contributed by atoms with Gasteiger partial charge in [0, 0.05) is 0 Å². The number of carbonyl (C=O) groups is 1. The maximum Gasteiger partial charge on any atom is 0.267 e. The van der Waals surface area contributed by atoms with Gasteiger partial charge in [0.05, 0.1) is 0 Å². The van der Waals surface area contributed by atoms with Crippen molar-refractivity contribution in [3.8, 4) is 0 Å². The smallest absolute Gasteiger partial charge is 0.267 e. The van der Waals surface area contributed by atoms with Gasteiger partial charge in [-0.1, -0.05) is 30.3 Å². The normalized spacial score (nSPS) is 11.4. The zero-order valence-corrected chi connectivity index (χ0v) is 8.32. The van der Waals surface area contributed by atoms with Gasteiger partial charge in [0.1, 0.15) is 12.0 Å². The van der Waals surface area contributed by atoms with Crippen molar-refractivity contribution in [3.05, 3.63) is 42.2 Å². The number of benzene rings is 1. The quantitative estimate of drug-likeness (QED) is 0.738. The molecule has 0 fully saturated rings. The number of carbonyl (C=O) groups excluding carboxylic acids is 1. The number of amides is 1. The first-order chi connectivity index (χ1) is 7.77. The average Bonchev–Trinajstić information content (AvgIpc) is 2.80. The van der Waals surface area contributed by atoms with Gasteiger partial charge in [-0.25, -0.2) is 0 Å². The first-order valence-corrected chi connectivity index (χ1v) is 4.57. The SMILES string of the molecule is NC(=O)C(=Cc1ccccc1)n1cnnn1. The Labute approximate surface area is 91.4 Å². The van der Waals surface area contributed by atoms with Crippen molar-refractivity contribution in [1.82, 2.24) is 20.2 Å².